The van der Waals surface area contributed by atoms with Gasteiger partial charge in [-0.15, -0.1) is 0 Å². The van der Waals surface area contributed by atoms with E-state index in [2.05, 4.69) is 5.32 Å². The third-order valence-electron chi connectivity index (χ3n) is 7.09. The topological polar surface area (TPSA) is 82.9 Å². The van der Waals surface area contributed by atoms with Crippen molar-refractivity contribution >= 4 is 17.7 Å². The number of nitrogens with one attached hydrogen (secondary N) is 1. The van der Waals surface area contributed by atoms with Crippen LogP contribution < -0.4 is 5.32 Å². The normalized spacial score (nSPS) is 30.5. The molecule has 4 heterocycles. The van der Waals surface area contributed by atoms with Crippen LogP contribution in [0.5, 0.6) is 0 Å². The number of carbonyl (C=O) groups is 3. The van der Waals surface area contributed by atoms with E-state index in [0.29, 0.717) is 31.8 Å². The molecule has 0 bridgehead atoms. The van der Waals surface area contributed by atoms with E-state index in [0.717, 1.165) is 17.5 Å². The molecule has 7 heteroatoms. The van der Waals surface area contributed by atoms with Crippen molar-refractivity contribution in [3.8, 4) is 0 Å². The number of furan rings is 1. The molecule has 1 aromatic heterocycles. The van der Waals surface area contributed by atoms with E-state index in [1.54, 1.807) is 17.2 Å². The van der Waals surface area contributed by atoms with Gasteiger partial charge in [-0.25, -0.2) is 0 Å². The number of amides is 3. The first-order chi connectivity index (χ1) is 15.0. The fourth-order valence-corrected chi connectivity index (χ4v) is 5.64. The van der Waals surface area contributed by atoms with E-state index in [4.69, 9.17) is 4.42 Å². The van der Waals surface area contributed by atoms with Crippen LogP contribution in [0.15, 0.2) is 47.1 Å². The standard InChI is InChI=1S/C24H27N3O4/c1-3-27-21(28)18-19(22(27)29)24(25-20(18)16-9-7-15(2)8-10-16)11-5-12-26(23(24)30)14-17-6-4-13-31-17/h4,6-10,13,18-20,25H,3,5,11-12,14H2,1-2H3/t18-,19-,20-,24-/m1/s1. The average Bonchev–Trinajstić information content (AvgIpc) is 3.44. The van der Waals surface area contributed by atoms with Crippen LogP contribution in [0.2, 0.25) is 0 Å². The summed E-state index contributed by atoms with van der Waals surface area (Å²) in [5, 5.41) is 3.52. The van der Waals surface area contributed by atoms with Gasteiger partial charge >= 0.3 is 0 Å². The summed E-state index contributed by atoms with van der Waals surface area (Å²) in [4.78, 5) is 43.6. The molecule has 0 saturated carbocycles. The molecule has 0 unspecified atom stereocenters. The number of piperidine rings is 1. The molecule has 0 radical (unpaired) electrons. The lowest BCUT2D eigenvalue weighted by atomic mass is 9.74. The lowest BCUT2D eigenvalue weighted by molar-refractivity contribution is -0.150. The van der Waals surface area contributed by atoms with Gasteiger partial charge in [-0.05, 0) is 44.4 Å². The van der Waals surface area contributed by atoms with Crippen molar-refractivity contribution in [1.82, 2.24) is 15.1 Å². The van der Waals surface area contributed by atoms with E-state index < -0.39 is 17.4 Å². The summed E-state index contributed by atoms with van der Waals surface area (Å²) in [5.74, 6) is -1.06. The first kappa shape index (κ1) is 20.0. The van der Waals surface area contributed by atoms with Crippen LogP contribution in [-0.4, -0.2) is 46.1 Å². The molecule has 3 fully saturated rings. The Morgan fingerprint density at radius 2 is 1.90 bits per heavy atom. The second-order valence-corrected chi connectivity index (χ2v) is 8.84. The predicted molar refractivity (Wildman–Crippen MR) is 113 cm³/mol. The molecule has 1 aromatic carbocycles. The van der Waals surface area contributed by atoms with Gasteiger partial charge in [0.1, 0.15) is 11.3 Å². The van der Waals surface area contributed by atoms with Gasteiger partial charge < -0.3 is 9.32 Å². The van der Waals surface area contributed by atoms with Gasteiger partial charge in [0.05, 0.1) is 24.6 Å². The molecule has 3 aliphatic rings. The van der Waals surface area contributed by atoms with E-state index in [-0.39, 0.29) is 23.8 Å². The molecule has 2 aromatic rings. The van der Waals surface area contributed by atoms with Crippen molar-refractivity contribution < 1.29 is 18.8 Å². The van der Waals surface area contributed by atoms with Gasteiger partial charge in [0.2, 0.25) is 17.7 Å². The summed E-state index contributed by atoms with van der Waals surface area (Å²) in [6.45, 7) is 5.11. The molecular formula is C24H27N3O4. The van der Waals surface area contributed by atoms with Crippen molar-refractivity contribution in [2.75, 3.05) is 13.1 Å². The maximum absolute atomic E-state index is 13.8. The Balaban J connectivity index is 1.55. The smallest absolute Gasteiger partial charge is 0.244 e. The number of hydrogen-bond donors (Lipinski definition) is 1. The summed E-state index contributed by atoms with van der Waals surface area (Å²) < 4.78 is 5.45. The molecule has 4 atom stereocenters. The number of carbonyl (C=O) groups excluding carboxylic acids is 3. The Labute approximate surface area is 181 Å². The van der Waals surface area contributed by atoms with E-state index >= 15 is 0 Å². The zero-order valence-corrected chi connectivity index (χ0v) is 17.8. The highest BCUT2D eigenvalue weighted by Crippen LogP contribution is 2.52. The van der Waals surface area contributed by atoms with E-state index in [1.807, 2.05) is 44.2 Å². The summed E-state index contributed by atoms with van der Waals surface area (Å²) in [7, 11) is 0. The first-order valence-electron chi connectivity index (χ1n) is 11.0. The second kappa shape index (κ2) is 7.34. The lowest BCUT2D eigenvalue weighted by Crippen LogP contribution is -2.63. The molecule has 31 heavy (non-hydrogen) atoms. The average molecular weight is 421 g/mol. The molecule has 3 aliphatic heterocycles. The highest BCUT2D eigenvalue weighted by Gasteiger charge is 2.68. The van der Waals surface area contributed by atoms with Gasteiger partial charge in [-0.3, -0.25) is 24.6 Å². The Morgan fingerprint density at radius 1 is 1.13 bits per heavy atom. The van der Waals surface area contributed by atoms with Gasteiger partial charge in [0.15, 0.2) is 0 Å². The number of nitrogens with zero attached hydrogens (tertiary/aromatic N) is 2. The highest BCUT2D eigenvalue weighted by molar-refractivity contribution is 6.10. The molecular weight excluding hydrogens is 394 g/mol. The van der Waals surface area contributed by atoms with Gasteiger partial charge in [-0.1, -0.05) is 29.8 Å². The summed E-state index contributed by atoms with van der Waals surface area (Å²) in [6.07, 6.45) is 2.90. The molecule has 3 amide bonds. The van der Waals surface area contributed by atoms with Crippen LogP contribution >= 0.6 is 0 Å². The van der Waals surface area contributed by atoms with Crippen LogP contribution in [-0.2, 0) is 20.9 Å². The summed E-state index contributed by atoms with van der Waals surface area (Å²) >= 11 is 0. The minimum absolute atomic E-state index is 0.112. The maximum Gasteiger partial charge on any atom is 0.244 e. The van der Waals surface area contributed by atoms with Gasteiger partial charge in [0.25, 0.3) is 0 Å². The number of aryl methyl sites for hydroxylation is 1. The molecule has 5 rings (SSSR count). The first-order valence-corrected chi connectivity index (χ1v) is 11.0. The Bertz CT molecular complexity index is 1020. The molecule has 0 aliphatic carbocycles. The number of imide groups is 1. The maximum atomic E-state index is 13.8. The quantitative estimate of drug-likeness (QED) is 0.767. The highest BCUT2D eigenvalue weighted by atomic mass is 16.3. The third-order valence-corrected chi connectivity index (χ3v) is 7.09. The van der Waals surface area contributed by atoms with Crippen molar-refractivity contribution in [2.24, 2.45) is 11.8 Å². The van der Waals surface area contributed by atoms with Crippen LogP contribution in [0.4, 0.5) is 0 Å². The Kier molecular flexibility index (Phi) is 4.73. The SMILES string of the molecule is CCN1C(=O)[C@H]2[C@@H](c3ccc(C)cc3)N[C@]3(CCCN(Cc4ccco4)C3=O)[C@H]2C1=O. The zero-order valence-electron chi connectivity index (χ0n) is 17.8. The third kappa shape index (κ3) is 2.94. The minimum atomic E-state index is -1.07. The summed E-state index contributed by atoms with van der Waals surface area (Å²) in [6, 6.07) is 11.3. The predicted octanol–water partition coefficient (Wildman–Crippen LogP) is 2.41. The van der Waals surface area contributed by atoms with Crippen molar-refractivity contribution in [3.63, 3.8) is 0 Å². The zero-order chi connectivity index (χ0) is 21.8. The Hall–Kier alpha value is -2.93. The van der Waals surface area contributed by atoms with Crippen LogP contribution in [0.1, 0.15) is 42.7 Å². The molecule has 162 valence electrons. The monoisotopic (exact) mass is 421 g/mol. The minimum Gasteiger partial charge on any atom is -0.467 e. The Morgan fingerprint density at radius 3 is 2.58 bits per heavy atom. The second-order valence-electron chi connectivity index (χ2n) is 8.84. The molecule has 1 N–H and O–H groups in total. The molecule has 7 nitrogen and oxygen atoms in total. The van der Waals surface area contributed by atoms with Gasteiger partial charge in [0, 0.05) is 19.1 Å². The van der Waals surface area contributed by atoms with Crippen molar-refractivity contribution in [1.29, 1.82) is 0 Å². The van der Waals surface area contributed by atoms with Crippen molar-refractivity contribution in [2.45, 2.75) is 44.8 Å². The number of fused-ring (bicyclic) bond motifs is 2. The number of hydrogen-bond acceptors (Lipinski definition) is 5. The number of rotatable bonds is 4. The number of likely N-dealkylation sites (tertiary alicyclic amines) is 2. The fraction of sp³-hybridized carbons (Fsp3) is 0.458. The number of benzene rings is 1. The molecule has 3 saturated heterocycles. The van der Waals surface area contributed by atoms with E-state index in [9.17, 15) is 14.4 Å². The fourth-order valence-electron chi connectivity index (χ4n) is 5.64. The summed E-state index contributed by atoms with van der Waals surface area (Å²) in [5.41, 5.74) is 0.991. The van der Waals surface area contributed by atoms with E-state index in [1.165, 1.54) is 4.90 Å². The van der Waals surface area contributed by atoms with Crippen molar-refractivity contribution in [3.05, 3.63) is 59.5 Å². The molecule has 1 spiro atoms. The lowest BCUT2D eigenvalue weighted by Gasteiger charge is -2.42. The van der Waals surface area contributed by atoms with Crippen LogP contribution in [0.3, 0.4) is 0 Å². The van der Waals surface area contributed by atoms with Gasteiger partial charge in [-0.2, -0.15) is 0 Å². The van der Waals surface area contributed by atoms with Crippen LogP contribution in [0.25, 0.3) is 0 Å². The largest absolute Gasteiger partial charge is 0.467 e. The van der Waals surface area contributed by atoms with Crippen LogP contribution in [0, 0.1) is 18.8 Å².